The summed E-state index contributed by atoms with van der Waals surface area (Å²) in [7, 11) is 0. The van der Waals surface area contributed by atoms with Crippen molar-refractivity contribution in [3.63, 3.8) is 0 Å². The van der Waals surface area contributed by atoms with Gasteiger partial charge in [-0.15, -0.1) is 0 Å². The number of aromatic nitrogens is 3. The quantitative estimate of drug-likeness (QED) is 0.479. The van der Waals surface area contributed by atoms with Gasteiger partial charge in [0.25, 0.3) is 0 Å². The molecule has 0 unspecified atom stereocenters. The minimum atomic E-state index is -0.217. The Morgan fingerprint density at radius 1 is 1.00 bits per heavy atom. The number of benzene rings is 1. The molecule has 1 aliphatic carbocycles. The van der Waals surface area contributed by atoms with Crippen molar-refractivity contribution in [1.29, 1.82) is 0 Å². The van der Waals surface area contributed by atoms with Crippen molar-refractivity contribution in [3.8, 4) is 0 Å². The Balaban J connectivity index is 1.24. The molecule has 2 aromatic heterocycles. The maximum Gasteiger partial charge on any atom is 0.229 e. The number of ether oxygens (including phenoxy) is 2. The summed E-state index contributed by atoms with van der Waals surface area (Å²) in [6, 6.07) is 13.2. The standard InChI is InChI=1S/C31H38N6O2/c1-20-5-6-21-7-12-26(34-27(20)21)37-25-17-30(2,3)39-19-31(25,4)24-18-32-29(35-28(24)37)33-22-8-10-23(11-9-22)36-13-15-38-16-14-36/h7-12,18,20,25H,5-6,13-17,19H2,1-4H3,(H,32,33,35)/t20-,25-,31-/m0/s1. The highest BCUT2D eigenvalue weighted by Crippen LogP contribution is 2.53. The Kier molecular flexibility index (Phi) is 5.83. The van der Waals surface area contributed by atoms with Crippen LogP contribution in [0, 0.1) is 0 Å². The number of hydrogen-bond donors (Lipinski definition) is 1. The first kappa shape index (κ1) is 24.8. The number of nitrogens with one attached hydrogen (secondary N) is 1. The fourth-order valence-corrected chi connectivity index (χ4v) is 6.74. The monoisotopic (exact) mass is 526 g/mol. The van der Waals surface area contributed by atoms with Crippen LogP contribution in [0.4, 0.5) is 29.0 Å². The van der Waals surface area contributed by atoms with Crippen molar-refractivity contribution in [3.05, 3.63) is 59.4 Å². The summed E-state index contributed by atoms with van der Waals surface area (Å²) in [5.74, 6) is 3.00. The molecule has 1 aromatic carbocycles. The van der Waals surface area contributed by atoms with Crippen molar-refractivity contribution in [2.75, 3.05) is 48.0 Å². The van der Waals surface area contributed by atoms with Crippen LogP contribution < -0.4 is 15.1 Å². The summed E-state index contributed by atoms with van der Waals surface area (Å²) in [6.07, 6.45) is 5.17. The molecule has 0 saturated carbocycles. The topological polar surface area (TPSA) is 75.6 Å². The van der Waals surface area contributed by atoms with Crippen molar-refractivity contribution in [1.82, 2.24) is 15.0 Å². The van der Waals surface area contributed by atoms with E-state index in [1.807, 2.05) is 6.20 Å². The van der Waals surface area contributed by atoms with E-state index < -0.39 is 0 Å². The number of pyridine rings is 1. The maximum atomic E-state index is 6.37. The highest BCUT2D eigenvalue weighted by molar-refractivity contribution is 5.71. The van der Waals surface area contributed by atoms with Crippen LogP contribution in [0.3, 0.4) is 0 Å². The molecule has 2 saturated heterocycles. The van der Waals surface area contributed by atoms with Gasteiger partial charge in [-0.1, -0.05) is 19.9 Å². The number of rotatable bonds is 4. The predicted molar refractivity (Wildman–Crippen MR) is 154 cm³/mol. The van der Waals surface area contributed by atoms with E-state index in [1.54, 1.807) is 0 Å². The molecule has 3 atom stereocenters. The number of nitrogens with zero attached hydrogens (tertiary/aromatic N) is 5. The molecular formula is C31H38N6O2. The van der Waals surface area contributed by atoms with Crippen LogP contribution in [0.2, 0.25) is 0 Å². The first-order valence-electron chi connectivity index (χ1n) is 14.3. The first-order chi connectivity index (χ1) is 18.8. The van der Waals surface area contributed by atoms with Crippen LogP contribution in [-0.4, -0.2) is 59.5 Å². The van der Waals surface area contributed by atoms with Gasteiger partial charge in [0.1, 0.15) is 11.6 Å². The average Bonchev–Trinajstić information content (AvgIpc) is 3.43. The SMILES string of the molecule is C[C@H]1CCc2ccc(N3c4nc(Nc5ccc(N6CCOCC6)cc5)ncc4[C@]4(C)COC(C)(C)C[C@H]34)nc21. The van der Waals surface area contributed by atoms with Crippen LogP contribution in [0.25, 0.3) is 0 Å². The number of fused-ring (bicyclic) bond motifs is 4. The minimum absolute atomic E-state index is 0.191. The molecule has 0 amide bonds. The second kappa shape index (κ2) is 9.17. The number of hydrogen-bond acceptors (Lipinski definition) is 8. The molecular weight excluding hydrogens is 488 g/mol. The third-order valence-electron chi connectivity index (χ3n) is 9.16. The molecule has 0 radical (unpaired) electrons. The van der Waals surface area contributed by atoms with Gasteiger partial charge in [0.2, 0.25) is 5.95 Å². The fourth-order valence-electron chi connectivity index (χ4n) is 6.74. The van der Waals surface area contributed by atoms with Crippen LogP contribution in [0.5, 0.6) is 0 Å². The highest BCUT2D eigenvalue weighted by Gasteiger charge is 2.55. The Hall–Kier alpha value is -3.23. The van der Waals surface area contributed by atoms with Crippen LogP contribution in [0.1, 0.15) is 63.3 Å². The zero-order chi connectivity index (χ0) is 26.8. The van der Waals surface area contributed by atoms with Crippen LogP contribution in [0.15, 0.2) is 42.6 Å². The fraction of sp³-hybridized carbons (Fsp3) is 0.516. The molecule has 39 heavy (non-hydrogen) atoms. The smallest absolute Gasteiger partial charge is 0.229 e. The number of anilines is 5. The summed E-state index contributed by atoms with van der Waals surface area (Å²) < 4.78 is 11.9. The van der Waals surface area contributed by atoms with Gasteiger partial charge in [-0.3, -0.25) is 0 Å². The highest BCUT2D eigenvalue weighted by atomic mass is 16.5. The van der Waals surface area contributed by atoms with Crippen LogP contribution >= 0.6 is 0 Å². The average molecular weight is 527 g/mol. The number of aryl methyl sites for hydroxylation is 1. The Morgan fingerprint density at radius 2 is 1.79 bits per heavy atom. The maximum absolute atomic E-state index is 6.37. The Labute approximate surface area is 230 Å². The largest absolute Gasteiger partial charge is 0.378 e. The van der Waals surface area contributed by atoms with Gasteiger partial charge in [0, 0.05) is 47.3 Å². The minimum Gasteiger partial charge on any atom is -0.378 e. The van der Waals surface area contributed by atoms with Crippen molar-refractivity contribution >= 4 is 29.0 Å². The van der Waals surface area contributed by atoms with Crippen LogP contribution in [-0.2, 0) is 21.3 Å². The Bertz CT molecular complexity index is 1390. The second-order valence-corrected chi connectivity index (χ2v) is 12.4. The molecule has 8 heteroatoms. The summed E-state index contributed by atoms with van der Waals surface area (Å²) in [4.78, 5) is 19.9. The van der Waals surface area contributed by atoms with Gasteiger partial charge in [-0.05, 0) is 74.9 Å². The molecule has 3 aliphatic heterocycles. The first-order valence-corrected chi connectivity index (χ1v) is 14.3. The molecule has 7 rings (SSSR count). The molecule has 204 valence electrons. The zero-order valence-electron chi connectivity index (χ0n) is 23.4. The summed E-state index contributed by atoms with van der Waals surface area (Å²) >= 11 is 0. The summed E-state index contributed by atoms with van der Waals surface area (Å²) in [5, 5.41) is 3.45. The summed E-state index contributed by atoms with van der Waals surface area (Å²) in [5.41, 5.74) is 5.50. The zero-order valence-corrected chi connectivity index (χ0v) is 23.4. The third kappa shape index (κ3) is 4.25. The lowest BCUT2D eigenvalue weighted by molar-refractivity contribution is -0.0893. The van der Waals surface area contributed by atoms with E-state index in [2.05, 4.69) is 79.2 Å². The van der Waals surface area contributed by atoms with Gasteiger partial charge < -0.3 is 24.6 Å². The van der Waals surface area contributed by atoms with E-state index in [4.69, 9.17) is 24.4 Å². The second-order valence-electron chi connectivity index (χ2n) is 12.4. The van der Waals surface area contributed by atoms with Crippen molar-refractivity contribution in [2.45, 2.75) is 69.9 Å². The normalized spacial score (nSPS) is 27.2. The number of morpholine rings is 1. The van der Waals surface area contributed by atoms with Gasteiger partial charge >= 0.3 is 0 Å². The van der Waals surface area contributed by atoms with E-state index in [9.17, 15) is 0 Å². The molecule has 0 spiro atoms. The van der Waals surface area contributed by atoms with Gasteiger partial charge in [-0.2, -0.15) is 4.98 Å². The third-order valence-corrected chi connectivity index (χ3v) is 9.16. The van der Waals surface area contributed by atoms with Gasteiger partial charge in [0.05, 0.1) is 31.5 Å². The molecule has 8 nitrogen and oxygen atoms in total. The van der Waals surface area contributed by atoms with Crippen molar-refractivity contribution in [2.24, 2.45) is 0 Å². The molecule has 4 aliphatic rings. The van der Waals surface area contributed by atoms with E-state index >= 15 is 0 Å². The lowest BCUT2D eigenvalue weighted by Gasteiger charge is -2.46. The van der Waals surface area contributed by atoms with Gasteiger partial charge in [0.15, 0.2) is 0 Å². The molecule has 3 aromatic rings. The van der Waals surface area contributed by atoms with E-state index in [0.717, 1.165) is 62.0 Å². The molecule has 1 N–H and O–H groups in total. The van der Waals surface area contributed by atoms with E-state index in [-0.39, 0.29) is 17.1 Å². The van der Waals surface area contributed by atoms with Gasteiger partial charge in [-0.25, -0.2) is 9.97 Å². The molecule has 0 bridgehead atoms. The summed E-state index contributed by atoms with van der Waals surface area (Å²) in [6.45, 7) is 13.0. The molecule has 5 heterocycles. The van der Waals surface area contributed by atoms with E-state index in [0.29, 0.717) is 18.5 Å². The predicted octanol–water partition coefficient (Wildman–Crippen LogP) is 5.48. The van der Waals surface area contributed by atoms with E-state index in [1.165, 1.54) is 23.4 Å². The lowest BCUT2D eigenvalue weighted by Crippen LogP contribution is -2.54. The van der Waals surface area contributed by atoms with Crippen molar-refractivity contribution < 1.29 is 9.47 Å². The molecule has 2 fully saturated rings. The Morgan fingerprint density at radius 3 is 2.59 bits per heavy atom. The lowest BCUT2D eigenvalue weighted by atomic mass is 9.73.